The third-order valence-electron chi connectivity index (χ3n) is 4.96. The number of hydrogen-bond acceptors (Lipinski definition) is 6. The van der Waals surface area contributed by atoms with E-state index < -0.39 is 34.2 Å². The Bertz CT molecular complexity index is 451. The van der Waals surface area contributed by atoms with Crippen LogP contribution in [0.25, 0.3) is 0 Å². The Morgan fingerprint density at radius 1 is 0.571 bits per heavy atom. The monoisotopic (exact) mass is 466 g/mol. The molecule has 2 unspecified atom stereocenters. The predicted molar refractivity (Wildman–Crippen MR) is 128 cm³/mol. The summed E-state index contributed by atoms with van der Waals surface area (Å²) >= 11 is 0. The zero-order valence-corrected chi connectivity index (χ0v) is 24.2. The molecule has 1 heterocycles. The molecule has 0 spiro atoms. The fourth-order valence-electron chi connectivity index (χ4n) is 4.23. The Hall–Kier alpha value is 0.628. The van der Waals surface area contributed by atoms with E-state index in [9.17, 15) is 0 Å². The highest BCUT2D eigenvalue weighted by Crippen LogP contribution is 2.36. The van der Waals surface area contributed by atoms with Gasteiger partial charge in [-0.1, -0.05) is 13.3 Å². The first kappa shape index (κ1) is 26.7. The summed E-state index contributed by atoms with van der Waals surface area (Å²) < 4.78 is 27.5. The van der Waals surface area contributed by atoms with Gasteiger partial charge in [-0.15, -0.1) is 0 Å². The van der Waals surface area contributed by atoms with E-state index in [2.05, 4.69) is 77.6 Å². The molecular formula is C18H46N2O4Si4. The van der Waals surface area contributed by atoms with Crippen LogP contribution in [0, 0.1) is 0 Å². The summed E-state index contributed by atoms with van der Waals surface area (Å²) in [6.07, 6.45) is 3.26. The molecule has 1 saturated heterocycles. The van der Waals surface area contributed by atoms with Gasteiger partial charge in [0.25, 0.3) is 0 Å². The molecule has 1 aliphatic heterocycles. The van der Waals surface area contributed by atoms with Crippen LogP contribution in [0.4, 0.5) is 0 Å². The third kappa shape index (κ3) is 9.62. The van der Waals surface area contributed by atoms with Crippen molar-refractivity contribution >= 4 is 34.2 Å². The van der Waals surface area contributed by atoms with Gasteiger partial charge in [0.1, 0.15) is 0 Å². The van der Waals surface area contributed by atoms with E-state index in [0.717, 1.165) is 50.5 Å². The van der Waals surface area contributed by atoms with Crippen molar-refractivity contribution in [2.75, 3.05) is 41.3 Å². The van der Waals surface area contributed by atoms with E-state index in [1.807, 2.05) is 0 Å². The summed E-state index contributed by atoms with van der Waals surface area (Å²) in [5.74, 6) is 0. The summed E-state index contributed by atoms with van der Waals surface area (Å²) in [6, 6.07) is 3.01. The summed E-state index contributed by atoms with van der Waals surface area (Å²) in [7, 11) is -0.862. The largest absolute Gasteiger partial charge is 0.416 e. The van der Waals surface area contributed by atoms with Gasteiger partial charge in [0.15, 0.2) is 0 Å². The van der Waals surface area contributed by atoms with Gasteiger partial charge in [0.05, 0.1) is 0 Å². The lowest BCUT2D eigenvalue weighted by atomic mass is 10.5. The first-order chi connectivity index (χ1) is 12.7. The molecule has 0 aromatic carbocycles. The lowest BCUT2D eigenvalue weighted by Gasteiger charge is -2.49. The van der Waals surface area contributed by atoms with Crippen LogP contribution in [0.15, 0.2) is 0 Å². The van der Waals surface area contributed by atoms with Crippen LogP contribution in [0.1, 0.15) is 26.2 Å². The lowest BCUT2D eigenvalue weighted by Crippen LogP contribution is -2.66. The van der Waals surface area contributed by atoms with Crippen LogP contribution in [-0.2, 0) is 16.5 Å². The molecule has 2 atom stereocenters. The van der Waals surface area contributed by atoms with Gasteiger partial charge < -0.3 is 26.3 Å². The molecule has 0 aliphatic carbocycles. The van der Waals surface area contributed by atoms with Crippen molar-refractivity contribution in [1.29, 1.82) is 0 Å². The van der Waals surface area contributed by atoms with E-state index in [0.29, 0.717) is 0 Å². The fraction of sp³-hybridized carbons (Fsp3) is 1.00. The normalized spacial score (nSPS) is 33.9. The zero-order chi connectivity index (χ0) is 21.6. The minimum absolute atomic E-state index is 1.000. The molecule has 28 heavy (non-hydrogen) atoms. The number of nitrogens with zero attached hydrogens (tertiary/aromatic N) is 2. The molecule has 1 rings (SSSR count). The maximum Gasteiger partial charge on any atom is 0.317 e. The summed E-state index contributed by atoms with van der Waals surface area (Å²) in [5.41, 5.74) is 0. The van der Waals surface area contributed by atoms with E-state index in [4.69, 9.17) is 16.5 Å². The highest BCUT2D eigenvalue weighted by molar-refractivity contribution is 6.93. The topological polar surface area (TPSA) is 43.4 Å². The number of hydrogen-bond donors (Lipinski definition) is 0. The van der Waals surface area contributed by atoms with Gasteiger partial charge in [-0.25, -0.2) is 0 Å². The Morgan fingerprint density at radius 3 is 1.25 bits per heavy atom. The lowest BCUT2D eigenvalue weighted by molar-refractivity contribution is 0.223. The first-order valence-corrected chi connectivity index (χ1v) is 21.2. The van der Waals surface area contributed by atoms with Crippen molar-refractivity contribution in [1.82, 2.24) is 9.80 Å². The Balaban J connectivity index is 3.04. The highest BCUT2D eigenvalue weighted by Gasteiger charge is 2.54. The molecule has 0 saturated carbocycles. The van der Waals surface area contributed by atoms with E-state index in [-0.39, 0.29) is 0 Å². The van der Waals surface area contributed by atoms with Gasteiger partial charge in [0, 0.05) is 0 Å². The van der Waals surface area contributed by atoms with Gasteiger partial charge >= 0.3 is 34.2 Å². The quantitative estimate of drug-likeness (QED) is 0.447. The molecular weight excluding hydrogens is 421 g/mol. The van der Waals surface area contributed by atoms with Gasteiger partial charge in [-0.3, -0.25) is 0 Å². The van der Waals surface area contributed by atoms with E-state index in [1.165, 1.54) is 0 Å². The number of rotatable bonds is 10. The Labute approximate surface area is 178 Å². The maximum absolute atomic E-state index is 6.94. The van der Waals surface area contributed by atoms with E-state index in [1.54, 1.807) is 0 Å². The van der Waals surface area contributed by atoms with Crippen LogP contribution < -0.4 is 0 Å². The van der Waals surface area contributed by atoms with Crippen LogP contribution in [0.5, 0.6) is 0 Å². The molecule has 6 nitrogen and oxygen atoms in total. The molecule has 1 aliphatic rings. The minimum atomic E-state index is -2.34. The molecule has 0 N–H and O–H groups in total. The second-order valence-corrected chi connectivity index (χ2v) is 24.1. The second-order valence-electron chi connectivity index (χ2n) is 9.77. The minimum Gasteiger partial charge on any atom is -0.416 e. The van der Waals surface area contributed by atoms with Crippen LogP contribution in [0.2, 0.25) is 50.9 Å². The average Bonchev–Trinajstić information content (AvgIpc) is 2.42. The summed E-state index contributed by atoms with van der Waals surface area (Å²) in [4.78, 5) is 4.46. The molecule has 168 valence electrons. The molecule has 0 radical (unpaired) electrons. The second kappa shape index (κ2) is 10.8. The maximum atomic E-state index is 6.94. The van der Waals surface area contributed by atoms with Crippen molar-refractivity contribution in [2.24, 2.45) is 0 Å². The van der Waals surface area contributed by atoms with Crippen LogP contribution in [-0.4, -0.2) is 85.3 Å². The zero-order valence-electron chi connectivity index (χ0n) is 20.2. The van der Waals surface area contributed by atoms with Gasteiger partial charge in [-0.2, -0.15) is 0 Å². The molecule has 0 aromatic heterocycles. The van der Waals surface area contributed by atoms with Crippen molar-refractivity contribution in [3.05, 3.63) is 0 Å². The SMILES string of the molecule is CCC[Si]1(C)O[Si](C)(CCCN(C)C)O[Si](C)(C)O[Si](C)(CCCN(C)C)O1. The first-order valence-electron chi connectivity index (χ1n) is 10.8. The summed E-state index contributed by atoms with van der Waals surface area (Å²) in [5, 5.41) is 0. The average molecular weight is 467 g/mol. The molecule has 0 aromatic rings. The van der Waals surface area contributed by atoms with Gasteiger partial charge in [0.2, 0.25) is 0 Å². The Morgan fingerprint density at radius 2 is 0.929 bits per heavy atom. The highest BCUT2D eigenvalue weighted by atomic mass is 28.5. The Kier molecular flexibility index (Phi) is 10.3. The van der Waals surface area contributed by atoms with Crippen LogP contribution >= 0.6 is 0 Å². The van der Waals surface area contributed by atoms with Crippen LogP contribution in [0.3, 0.4) is 0 Å². The predicted octanol–water partition coefficient (Wildman–Crippen LogP) is 4.30. The molecule has 10 heteroatoms. The van der Waals surface area contributed by atoms with Crippen molar-refractivity contribution in [3.8, 4) is 0 Å². The smallest absolute Gasteiger partial charge is 0.317 e. The summed E-state index contributed by atoms with van der Waals surface area (Å²) in [6.45, 7) is 15.4. The molecule has 1 fully saturated rings. The molecule has 0 amide bonds. The fourth-order valence-corrected chi connectivity index (χ4v) is 27.0. The van der Waals surface area contributed by atoms with Crippen molar-refractivity contribution in [3.63, 3.8) is 0 Å². The molecule has 0 bridgehead atoms. The third-order valence-corrected chi connectivity index (χ3v) is 23.2. The van der Waals surface area contributed by atoms with E-state index >= 15 is 0 Å². The van der Waals surface area contributed by atoms with Crippen molar-refractivity contribution < 1.29 is 16.5 Å². The van der Waals surface area contributed by atoms with Gasteiger partial charge in [-0.05, 0) is 105 Å². The van der Waals surface area contributed by atoms with Crippen molar-refractivity contribution in [2.45, 2.75) is 77.1 Å². The standard InChI is InChI=1S/C18H46N2O4Si4/c1-11-16-26(8)23-27(9,17-12-14-19(2)3)21-25(6,7)22-28(10,24-26)18-13-15-20(4)5/h11-18H2,1-10H3.